The van der Waals surface area contributed by atoms with Crippen LogP contribution in [0.4, 0.5) is 22.2 Å². The maximum atomic E-state index is 12.4. The first-order valence-electron chi connectivity index (χ1n) is 12.3. The van der Waals surface area contributed by atoms with E-state index >= 15 is 0 Å². The predicted molar refractivity (Wildman–Crippen MR) is 143 cm³/mol. The SMILES string of the molecule is COc1cc(COC(=O)NC2CCC(Nc3nc(N(C)C)c4ccccc4n3)CC2)c([N+](=O)[O-])cc1OC. The van der Waals surface area contributed by atoms with Gasteiger partial charge >= 0.3 is 6.09 Å². The van der Waals surface area contributed by atoms with E-state index in [1.807, 2.05) is 43.3 Å². The normalized spacial score (nSPS) is 16.9. The van der Waals surface area contributed by atoms with Crippen molar-refractivity contribution in [2.45, 2.75) is 44.4 Å². The number of carbonyl (C=O) groups excluding carboxylic acids is 1. The van der Waals surface area contributed by atoms with Crippen molar-refractivity contribution in [1.82, 2.24) is 15.3 Å². The Bertz CT molecular complexity index is 1310. The number of ether oxygens (including phenoxy) is 3. The Morgan fingerprint density at radius 3 is 2.37 bits per heavy atom. The second kappa shape index (κ2) is 11.8. The molecule has 0 atom stereocenters. The van der Waals surface area contributed by atoms with Crippen molar-refractivity contribution in [3.05, 3.63) is 52.1 Å². The van der Waals surface area contributed by atoms with Gasteiger partial charge in [0.2, 0.25) is 5.95 Å². The molecule has 0 spiro atoms. The molecule has 0 unspecified atom stereocenters. The molecule has 1 heterocycles. The Labute approximate surface area is 220 Å². The summed E-state index contributed by atoms with van der Waals surface area (Å²) >= 11 is 0. The summed E-state index contributed by atoms with van der Waals surface area (Å²) in [5.41, 5.74) is 0.875. The van der Waals surface area contributed by atoms with Crippen LogP contribution in [-0.2, 0) is 11.3 Å². The van der Waals surface area contributed by atoms with Crippen molar-refractivity contribution in [3.63, 3.8) is 0 Å². The number of para-hydroxylation sites is 1. The molecule has 12 nitrogen and oxygen atoms in total. The van der Waals surface area contributed by atoms with Crippen molar-refractivity contribution in [1.29, 1.82) is 0 Å². The van der Waals surface area contributed by atoms with Crippen LogP contribution >= 0.6 is 0 Å². The standard InChI is InChI=1S/C26H32N6O6/c1-31(2)24-19-7-5-6-8-20(19)29-25(30-24)27-17-9-11-18(12-10-17)28-26(33)38-15-16-13-22(36-3)23(37-4)14-21(16)32(34)35/h5-8,13-14,17-18H,9-12,15H2,1-4H3,(H,28,33)(H,27,29,30). The number of hydrogen-bond donors (Lipinski definition) is 2. The third-order valence-corrected chi connectivity index (χ3v) is 6.53. The van der Waals surface area contributed by atoms with E-state index in [-0.39, 0.29) is 35.7 Å². The largest absolute Gasteiger partial charge is 0.493 e. The maximum absolute atomic E-state index is 12.4. The summed E-state index contributed by atoms with van der Waals surface area (Å²) in [5, 5.41) is 18.8. The van der Waals surface area contributed by atoms with Gasteiger partial charge in [0.25, 0.3) is 5.69 Å². The average molecular weight is 525 g/mol. The molecule has 0 radical (unpaired) electrons. The van der Waals surface area contributed by atoms with Crippen LogP contribution in [0.3, 0.4) is 0 Å². The molecule has 0 saturated heterocycles. The van der Waals surface area contributed by atoms with Crippen molar-refractivity contribution in [2.24, 2.45) is 0 Å². The van der Waals surface area contributed by atoms with Gasteiger partial charge in [0.15, 0.2) is 11.5 Å². The fourth-order valence-electron chi connectivity index (χ4n) is 4.58. The van der Waals surface area contributed by atoms with E-state index in [2.05, 4.69) is 15.6 Å². The van der Waals surface area contributed by atoms with Gasteiger partial charge in [-0.1, -0.05) is 12.1 Å². The number of benzene rings is 2. The van der Waals surface area contributed by atoms with Crippen molar-refractivity contribution in [2.75, 3.05) is 38.5 Å². The van der Waals surface area contributed by atoms with Crippen molar-refractivity contribution >= 4 is 34.4 Å². The third-order valence-electron chi connectivity index (χ3n) is 6.53. The van der Waals surface area contributed by atoms with Crippen LogP contribution in [0.5, 0.6) is 11.5 Å². The van der Waals surface area contributed by atoms with E-state index in [9.17, 15) is 14.9 Å². The number of methoxy groups -OCH3 is 2. The number of fused-ring (bicyclic) bond motifs is 1. The Morgan fingerprint density at radius 2 is 1.71 bits per heavy atom. The van der Waals surface area contributed by atoms with Crippen LogP contribution in [0.25, 0.3) is 10.9 Å². The summed E-state index contributed by atoms with van der Waals surface area (Å²) in [6.07, 6.45) is 2.51. The molecule has 1 fully saturated rings. The molecule has 202 valence electrons. The number of carbonyl (C=O) groups is 1. The number of nitro groups is 1. The third kappa shape index (κ3) is 6.13. The first kappa shape index (κ1) is 26.7. The first-order chi connectivity index (χ1) is 18.3. The lowest BCUT2D eigenvalue weighted by molar-refractivity contribution is -0.385. The lowest BCUT2D eigenvalue weighted by Gasteiger charge is -2.29. The molecular formula is C26H32N6O6. The number of rotatable bonds is 9. The minimum atomic E-state index is -0.626. The van der Waals surface area contributed by atoms with Gasteiger partial charge in [-0.15, -0.1) is 0 Å². The summed E-state index contributed by atoms with van der Waals surface area (Å²) < 4.78 is 15.6. The molecule has 1 aliphatic rings. The Morgan fingerprint density at radius 1 is 1.05 bits per heavy atom. The number of aromatic nitrogens is 2. The monoisotopic (exact) mass is 524 g/mol. The summed E-state index contributed by atoms with van der Waals surface area (Å²) in [5.74, 6) is 1.98. The van der Waals surface area contributed by atoms with E-state index in [4.69, 9.17) is 19.2 Å². The molecule has 1 aliphatic carbocycles. The zero-order valence-electron chi connectivity index (χ0n) is 21.9. The highest BCUT2D eigenvalue weighted by molar-refractivity contribution is 5.90. The highest BCUT2D eigenvalue weighted by atomic mass is 16.6. The fourth-order valence-corrected chi connectivity index (χ4v) is 4.58. The predicted octanol–water partition coefficient (Wildman–Crippen LogP) is 4.27. The van der Waals surface area contributed by atoms with Crippen LogP contribution in [-0.4, -0.2) is 61.4 Å². The molecule has 2 aromatic carbocycles. The van der Waals surface area contributed by atoms with E-state index in [0.717, 1.165) is 42.4 Å². The molecule has 1 aromatic heterocycles. The van der Waals surface area contributed by atoms with E-state index < -0.39 is 11.0 Å². The van der Waals surface area contributed by atoms with Crippen molar-refractivity contribution < 1.29 is 23.9 Å². The van der Waals surface area contributed by atoms with E-state index in [1.165, 1.54) is 26.4 Å². The van der Waals surface area contributed by atoms with Gasteiger partial charge in [-0.05, 0) is 43.9 Å². The van der Waals surface area contributed by atoms with Crippen molar-refractivity contribution in [3.8, 4) is 11.5 Å². The van der Waals surface area contributed by atoms with E-state index in [1.54, 1.807) is 0 Å². The molecule has 38 heavy (non-hydrogen) atoms. The Hall–Kier alpha value is -4.35. The smallest absolute Gasteiger partial charge is 0.407 e. The molecule has 3 aromatic rings. The molecule has 0 aliphatic heterocycles. The molecule has 2 N–H and O–H groups in total. The zero-order chi connectivity index (χ0) is 27.2. The molecule has 12 heteroatoms. The van der Waals surface area contributed by atoms with Gasteiger partial charge in [0, 0.05) is 31.6 Å². The summed E-state index contributed by atoms with van der Waals surface area (Å²) in [6.45, 7) is -0.271. The molecule has 4 rings (SSSR count). The number of hydrogen-bond acceptors (Lipinski definition) is 10. The summed E-state index contributed by atoms with van der Waals surface area (Å²) in [4.78, 5) is 34.7. The fraction of sp³-hybridized carbons (Fsp3) is 0.423. The van der Waals surface area contributed by atoms with Crippen LogP contribution in [0.2, 0.25) is 0 Å². The number of nitro benzene ring substituents is 1. The minimum Gasteiger partial charge on any atom is -0.493 e. The Balaban J connectivity index is 1.31. The molecule has 1 saturated carbocycles. The number of nitrogens with one attached hydrogen (secondary N) is 2. The van der Waals surface area contributed by atoms with Gasteiger partial charge in [0.05, 0.1) is 36.3 Å². The van der Waals surface area contributed by atoms with Crippen LogP contribution in [0, 0.1) is 10.1 Å². The highest BCUT2D eigenvalue weighted by Gasteiger charge is 2.25. The molecule has 1 amide bonds. The van der Waals surface area contributed by atoms with Crippen LogP contribution < -0.4 is 25.0 Å². The van der Waals surface area contributed by atoms with Crippen LogP contribution in [0.1, 0.15) is 31.2 Å². The Kier molecular flexibility index (Phi) is 8.29. The number of nitrogens with zero attached hydrogens (tertiary/aromatic N) is 4. The van der Waals surface area contributed by atoms with Gasteiger partial charge in [-0.3, -0.25) is 10.1 Å². The summed E-state index contributed by atoms with van der Waals surface area (Å²) in [6, 6.07) is 10.7. The first-order valence-corrected chi connectivity index (χ1v) is 12.3. The lowest BCUT2D eigenvalue weighted by Crippen LogP contribution is -2.40. The minimum absolute atomic E-state index is 0.0594. The summed E-state index contributed by atoms with van der Waals surface area (Å²) in [7, 11) is 6.74. The lowest BCUT2D eigenvalue weighted by atomic mass is 9.91. The van der Waals surface area contributed by atoms with Gasteiger partial charge in [0.1, 0.15) is 12.4 Å². The van der Waals surface area contributed by atoms with E-state index in [0.29, 0.717) is 11.7 Å². The number of alkyl carbamates (subject to hydrolysis) is 1. The highest BCUT2D eigenvalue weighted by Crippen LogP contribution is 2.35. The second-order valence-corrected chi connectivity index (χ2v) is 9.29. The maximum Gasteiger partial charge on any atom is 0.407 e. The second-order valence-electron chi connectivity index (χ2n) is 9.29. The zero-order valence-corrected chi connectivity index (χ0v) is 21.9. The average Bonchev–Trinajstić information content (AvgIpc) is 2.91. The van der Waals surface area contributed by atoms with Gasteiger partial charge in [-0.2, -0.15) is 4.98 Å². The number of amides is 1. The number of anilines is 2. The molecular weight excluding hydrogens is 492 g/mol. The molecule has 0 bridgehead atoms. The van der Waals surface area contributed by atoms with Crippen LogP contribution in [0.15, 0.2) is 36.4 Å². The topological polar surface area (TPSA) is 141 Å². The van der Waals surface area contributed by atoms with Gasteiger partial charge < -0.3 is 29.7 Å². The van der Waals surface area contributed by atoms with Gasteiger partial charge in [-0.25, -0.2) is 9.78 Å². The quantitative estimate of drug-likeness (QED) is 0.308.